The van der Waals surface area contributed by atoms with Crippen LogP contribution in [0, 0.1) is 5.92 Å². The van der Waals surface area contributed by atoms with Crippen molar-refractivity contribution in [2.45, 2.75) is 32.4 Å². The van der Waals surface area contributed by atoms with Crippen molar-refractivity contribution in [2.75, 3.05) is 18.6 Å². The van der Waals surface area contributed by atoms with E-state index in [1.807, 2.05) is 12.1 Å². The lowest BCUT2D eigenvalue weighted by atomic mass is 9.87. The van der Waals surface area contributed by atoms with Crippen LogP contribution in [0.1, 0.15) is 20.3 Å². The number of rotatable bonds is 2. The van der Waals surface area contributed by atoms with Crippen LogP contribution >= 0.6 is 0 Å². The number of hydrogen-bond acceptors (Lipinski definition) is 3. The molecule has 17 heavy (non-hydrogen) atoms. The maximum absolute atomic E-state index is 6.11. The number of nitrogens with two attached hydrogens (primary N) is 1. The first-order chi connectivity index (χ1) is 8.13. The van der Waals surface area contributed by atoms with Gasteiger partial charge in [-0.1, -0.05) is 6.92 Å². The third-order valence-corrected chi connectivity index (χ3v) is 4.04. The second-order valence-corrected chi connectivity index (χ2v) is 4.94. The molecule has 2 rings (SSSR count). The molecule has 2 N–H and O–H groups in total. The van der Waals surface area contributed by atoms with Gasteiger partial charge in [0.1, 0.15) is 5.75 Å². The summed E-state index contributed by atoms with van der Waals surface area (Å²) in [5, 5.41) is 0. The average Bonchev–Trinajstić information content (AvgIpc) is 2.36. The van der Waals surface area contributed by atoms with Crippen LogP contribution in [-0.2, 0) is 0 Å². The summed E-state index contributed by atoms with van der Waals surface area (Å²) in [5.74, 6) is 1.44. The van der Waals surface area contributed by atoms with Crippen LogP contribution in [0.15, 0.2) is 24.3 Å². The van der Waals surface area contributed by atoms with Crippen LogP contribution in [-0.4, -0.2) is 25.7 Å². The van der Waals surface area contributed by atoms with E-state index in [0.717, 1.165) is 18.7 Å². The predicted molar refractivity (Wildman–Crippen MR) is 71.6 cm³/mol. The van der Waals surface area contributed by atoms with Crippen molar-refractivity contribution >= 4 is 5.69 Å². The third kappa shape index (κ3) is 2.39. The first-order valence-electron chi connectivity index (χ1n) is 6.29. The molecular formula is C14H22N2O. The van der Waals surface area contributed by atoms with Crippen molar-refractivity contribution < 1.29 is 4.74 Å². The zero-order valence-electron chi connectivity index (χ0n) is 10.9. The van der Waals surface area contributed by atoms with Gasteiger partial charge in [-0.2, -0.15) is 0 Å². The summed E-state index contributed by atoms with van der Waals surface area (Å²) in [5.41, 5.74) is 7.37. The van der Waals surface area contributed by atoms with Crippen molar-refractivity contribution in [3.63, 3.8) is 0 Å². The highest BCUT2D eigenvalue weighted by Crippen LogP contribution is 2.28. The fourth-order valence-electron chi connectivity index (χ4n) is 2.53. The van der Waals surface area contributed by atoms with Crippen molar-refractivity contribution in [1.29, 1.82) is 0 Å². The van der Waals surface area contributed by atoms with E-state index in [9.17, 15) is 0 Å². The van der Waals surface area contributed by atoms with Crippen LogP contribution in [0.5, 0.6) is 5.75 Å². The molecule has 94 valence electrons. The molecule has 0 bridgehead atoms. The monoisotopic (exact) mass is 234 g/mol. The Kier molecular flexibility index (Phi) is 3.57. The summed E-state index contributed by atoms with van der Waals surface area (Å²) in [4.78, 5) is 2.44. The van der Waals surface area contributed by atoms with Crippen molar-refractivity contribution in [1.82, 2.24) is 0 Å². The van der Waals surface area contributed by atoms with Gasteiger partial charge in [0.2, 0.25) is 0 Å². The number of hydrogen-bond donors (Lipinski definition) is 1. The highest BCUT2D eigenvalue weighted by molar-refractivity contribution is 5.50. The number of anilines is 1. The maximum Gasteiger partial charge on any atom is 0.119 e. The summed E-state index contributed by atoms with van der Waals surface area (Å²) >= 11 is 0. The van der Waals surface area contributed by atoms with Gasteiger partial charge in [-0.3, -0.25) is 0 Å². The number of benzene rings is 1. The highest BCUT2D eigenvalue weighted by Gasteiger charge is 2.30. The number of ether oxygens (including phenoxy) is 1. The van der Waals surface area contributed by atoms with E-state index < -0.39 is 0 Å². The molecule has 3 unspecified atom stereocenters. The molecule has 1 saturated heterocycles. The minimum Gasteiger partial charge on any atom is -0.497 e. The van der Waals surface area contributed by atoms with Crippen LogP contribution < -0.4 is 15.4 Å². The standard InChI is InChI=1S/C14H22N2O/c1-10-11(2)16(9-8-14(10)15)12-4-6-13(17-3)7-5-12/h4-7,10-11,14H,8-9,15H2,1-3H3. The topological polar surface area (TPSA) is 38.5 Å². The third-order valence-electron chi connectivity index (χ3n) is 4.04. The van der Waals surface area contributed by atoms with Crippen molar-refractivity contribution in [3.05, 3.63) is 24.3 Å². The molecule has 0 spiro atoms. The van der Waals surface area contributed by atoms with Crippen molar-refractivity contribution in [2.24, 2.45) is 11.7 Å². The van der Waals surface area contributed by atoms with Gasteiger partial charge in [0, 0.05) is 24.3 Å². The molecule has 1 heterocycles. The van der Waals surface area contributed by atoms with E-state index in [-0.39, 0.29) is 0 Å². The summed E-state index contributed by atoms with van der Waals surface area (Å²) in [6, 6.07) is 9.10. The van der Waals surface area contributed by atoms with E-state index in [2.05, 4.69) is 30.9 Å². The van der Waals surface area contributed by atoms with Gasteiger partial charge in [-0.05, 0) is 43.5 Å². The van der Waals surface area contributed by atoms with Crippen LogP contribution in [0.4, 0.5) is 5.69 Å². The molecule has 0 radical (unpaired) electrons. The summed E-state index contributed by atoms with van der Waals surface area (Å²) in [7, 11) is 1.69. The maximum atomic E-state index is 6.11. The first-order valence-corrected chi connectivity index (χ1v) is 6.29. The average molecular weight is 234 g/mol. The Morgan fingerprint density at radius 2 is 1.88 bits per heavy atom. The lowest BCUT2D eigenvalue weighted by Crippen LogP contribution is -2.51. The Labute approximate surface area is 104 Å². The van der Waals surface area contributed by atoms with Gasteiger partial charge in [0.05, 0.1) is 7.11 Å². The van der Waals surface area contributed by atoms with Gasteiger partial charge in [0.25, 0.3) is 0 Å². The molecule has 3 atom stereocenters. The Balaban J connectivity index is 2.16. The molecule has 1 aliphatic rings. The molecular weight excluding hydrogens is 212 g/mol. The molecule has 3 heteroatoms. The molecule has 1 aromatic carbocycles. The molecule has 0 aliphatic carbocycles. The van der Waals surface area contributed by atoms with E-state index >= 15 is 0 Å². The Morgan fingerprint density at radius 1 is 1.24 bits per heavy atom. The molecule has 1 fully saturated rings. The fraction of sp³-hybridized carbons (Fsp3) is 0.571. The van der Waals surface area contributed by atoms with Gasteiger partial charge >= 0.3 is 0 Å². The van der Waals surface area contributed by atoms with E-state index in [1.165, 1.54) is 5.69 Å². The largest absolute Gasteiger partial charge is 0.497 e. The zero-order chi connectivity index (χ0) is 12.4. The van der Waals surface area contributed by atoms with E-state index in [1.54, 1.807) is 7.11 Å². The summed E-state index contributed by atoms with van der Waals surface area (Å²) in [6.45, 7) is 5.54. The summed E-state index contributed by atoms with van der Waals surface area (Å²) < 4.78 is 5.18. The molecule has 0 saturated carbocycles. The van der Waals surface area contributed by atoms with Gasteiger partial charge in [0.15, 0.2) is 0 Å². The first kappa shape index (κ1) is 12.2. The molecule has 0 aromatic heterocycles. The normalized spacial score (nSPS) is 29.2. The van der Waals surface area contributed by atoms with Crippen molar-refractivity contribution in [3.8, 4) is 5.75 Å². The Hall–Kier alpha value is -1.22. The lowest BCUT2D eigenvalue weighted by molar-refractivity contribution is 0.315. The van der Waals surface area contributed by atoms with Gasteiger partial charge in [-0.15, -0.1) is 0 Å². The van der Waals surface area contributed by atoms with Crippen LogP contribution in [0.25, 0.3) is 0 Å². The summed E-state index contributed by atoms with van der Waals surface area (Å²) in [6.07, 6.45) is 1.07. The second kappa shape index (κ2) is 4.96. The smallest absolute Gasteiger partial charge is 0.119 e. The number of piperidine rings is 1. The Morgan fingerprint density at radius 3 is 2.47 bits per heavy atom. The van der Waals surface area contributed by atoms with E-state index in [0.29, 0.717) is 18.0 Å². The number of methoxy groups -OCH3 is 1. The molecule has 1 aliphatic heterocycles. The van der Waals surface area contributed by atoms with E-state index in [4.69, 9.17) is 10.5 Å². The predicted octanol–water partition coefficient (Wildman–Crippen LogP) is 2.26. The fourth-order valence-corrected chi connectivity index (χ4v) is 2.53. The zero-order valence-corrected chi connectivity index (χ0v) is 10.9. The number of nitrogens with zero attached hydrogens (tertiary/aromatic N) is 1. The quantitative estimate of drug-likeness (QED) is 0.853. The lowest BCUT2D eigenvalue weighted by Gasteiger charge is -2.42. The van der Waals surface area contributed by atoms with Crippen LogP contribution in [0.3, 0.4) is 0 Å². The van der Waals surface area contributed by atoms with Crippen LogP contribution in [0.2, 0.25) is 0 Å². The minimum atomic E-state index is 0.333. The van der Waals surface area contributed by atoms with Gasteiger partial charge in [-0.25, -0.2) is 0 Å². The Bertz CT molecular complexity index is 363. The van der Waals surface area contributed by atoms with Gasteiger partial charge < -0.3 is 15.4 Å². The molecule has 0 amide bonds. The second-order valence-electron chi connectivity index (χ2n) is 4.94. The molecule has 3 nitrogen and oxygen atoms in total. The SMILES string of the molecule is COc1ccc(N2CCC(N)C(C)C2C)cc1. The minimum absolute atomic E-state index is 0.333. The molecule has 1 aromatic rings. The highest BCUT2D eigenvalue weighted by atomic mass is 16.5.